The summed E-state index contributed by atoms with van der Waals surface area (Å²) >= 11 is 0. The fourth-order valence-electron chi connectivity index (χ4n) is 2.11. The zero-order valence-corrected chi connectivity index (χ0v) is 13.6. The van der Waals surface area contributed by atoms with Crippen molar-refractivity contribution in [1.29, 1.82) is 0 Å². The Balaban J connectivity index is 2.08. The lowest BCUT2D eigenvalue weighted by Crippen LogP contribution is -2.42. The summed E-state index contributed by atoms with van der Waals surface area (Å²) in [7, 11) is 0. The van der Waals surface area contributed by atoms with Crippen LogP contribution < -0.4 is 15.4 Å². The third kappa shape index (κ3) is 5.65. The van der Waals surface area contributed by atoms with Gasteiger partial charge in [0.05, 0.1) is 12.1 Å². The summed E-state index contributed by atoms with van der Waals surface area (Å²) in [4.78, 5) is 34.3. The van der Waals surface area contributed by atoms with E-state index in [-0.39, 0.29) is 0 Å². The minimum absolute atomic E-state index is 0.394. The van der Waals surface area contributed by atoms with Crippen LogP contribution in [-0.2, 0) is 14.4 Å². The molecule has 0 fully saturated rings. The number of ether oxygens (including phenoxy) is 1. The lowest BCUT2D eigenvalue weighted by molar-refractivity contribution is -0.142. The molecule has 0 unspecified atom stereocenters. The first kappa shape index (κ1) is 18.0. The number of benzene rings is 2. The van der Waals surface area contributed by atoms with Gasteiger partial charge in [0, 0.05) is 6.92 Å². The van der Waals surface area contributed by atoms with E-state index < -0.39 is 30.2 Å². The Morgan fingerprint density at radius 2 is 1.68 bits per heavy atom. The second-order valence-corrected chi connectivity index (χ2v) is 5.25. The Hall–Kier alpha value is -3.35. The van der Waals surface area contributed by atoms with Gasteiger partial charge in [-0.05, 0) is 24.3 Å². The maximum Gasteiger partial charge on any atom is 0.326 e. The van der Waals surface area contributed by atoms with Gasteiger partial charge in [0.15, 0.2) is 5.75 Å². The van der Waals surface area contributed by atoms with Gasteiger partial charge in [-0.25, -0.2) is 4.79 Å². The van der Waals surface area contributed by atoms with Crippen molar-refractivity contribution in [1.82, 2.24) is 5.32 Å². The molecule has 2 aromatic rings. The maximum absolute atomic E-state index is 12.1. The molecule has 3 N–H and O–H groups in total. The van der Waals surface area contributed by atoms with Gasteiger partial charge in [-0.3, -0.25) is 9.59 Å². The van der Waals surface area contributed by atoms with Crippen LogP contribution in [0.15, 0.2) is 54.6 Å². The number of amides is 2. The molecule has 1 atom stereocenters. The molecule has 7 nitrogen and oxygen atoms in total. The topological polar surface area (TPSA) is 105 Å². The Labute approximate surface area is 144 Å². The summed E-state index contributed by atoms with van der Waals surface area (Å²) in [6.45, 7) is 1.19. The molecule has 0 saturated carbocycles. The first-order valence-electron chi connectivity index (χ1n) is 7.57. The highest BCUT2D eigenvalue weighted by atomic mass is 16.5. The van der Waals surface area contributed by atoms with E-state index in [0.717, 1.165) is 0 Å². The number of carboxylic acids is 1. The molecule has 0 spiro atoms. The molecule has 7 heteroatoms. The van der Waals surface area contributed by atoms with E-state index in [1.165, 1.54) is 6.92 Å². The van der Waals surface area contributed by atoms with Crippen LogP contribution in [0.1, 0.15) is 13.3 Å². The Morgan fingerprint density at radius 1 is 1.04 bits per heavy atom. The number of para-hydroxylation sites is 3. The van der Waals surface area contributed by atoms with Gasteiger partial charge < -0.3 is 20.5 Å². The summed E-state index contributed by atoms with van der Waals surface area (Å²) in [5.41, 5.74) is 0.406. The summed E-state index contributed by atoms with van der Waals surface area (Å²) in [6, 6.07) is 14.6. The van der Waals surface area contributed by atoms with Crippen LogP contribution >= 0.6 is 0 Å². The number of rotatable bonds is 7. The molecule has 25 heavy (non-hydrogen) atoms. The number of carboxylic acid groups (broad SMARTS) is 1. The number of carbonyl (C=O) groups is 3. The predicted octanol–water partition coefficient (Wildman–Crippen LogP) is 2.40. The van der Waals surface area contributed by atoms with Crippen molar-refractivity contribution in [2.45, 2.75) is 19.4 Å². The number of hydrogen-bond acceptors (Lipinski definition) is 4. The summed E-state index contributed by atoms with van der Waals surface area (Å²) in [5.74, 6) is -1.32. The highest BCUT2D eigenvalue weighted by Crippen LogP contribution is 2.29. The van der Waals surface area contributed by atoms with Gasteiger partial charge in [0.1, 0.15) is 11.8 Å². The van der Waals surface area contributed by atoms with Crippen LogP contribution in [0.3, 0.4) is 0 Å². The van der Waals surface area contributed by atoms with Gasteiger partial charge in [-0.1, -0.05) is 30.3 Å². The molecular weight excluding hydrogens is 324 g/mol. The average molecular weight is 342 g/mol. The van der Waals surface area contributed by atoms with Crippen molar-refractivity contribution >= 4 is 23.5 Å². The van der Waals surface area contributed by atoms with Crippen LogP contribution in [0, 0.1) is 0 Å². The lowest BCUT2D eigenvalue weighted by Gasteiger charge is -2.15. The molecule has 2 amide bonds. The van der Waals surface area contributed by atoms with Crippen molar-refractivity contribution in [3.63, 3.8) is 0 Å². The van der Waals surface area contributed by atoms with E-state index in [1.54, 1.807) is 36.4 Å². The molecule has 0 radical (unpaired) electrons. The Bertz CT molecular complexity index is 761. The van der Waals surface area contributed by atoms with E-state index in [2.05, 4.69) is 10.6 Å². The van der Waals surface area contributed by atoms with Crippen molar-refractivity contribution < 1.29 is 24.2 Å². The predicted molar refractivity (Wildman–Crippen MR) is 91.4 cm³/mol. The minimum Gasteiger partial charge on any atom is -0.480 e. The van der Waals surface area contributed by atoms with E-state index in [1.807, 2.05) is 18.2 Å². The molecule has 0 saturated heterocycles. The smallest absolute Gasteiger partial charge is 0.326 e. The molecular formula is C18H18N2O5. The first-order valence-corrected chi connectivity index (χ1v) is 7.57. The second kappa shape index (κ2) is 8.49. The fraction of sp³-hybridized carbons (Fsp3) is 0.167. The van der Waals surface area contributed by atoms with Crippen LogP contribution in [-0.4, -0.2) is 28.9 Å². The zero-order valence-electron chi connectivity index (χ0n) is 13.6. The normalized spacial score (nSPS) is 11.2. The van der Waals surface area contributed by atoms with Crippen molar-refractivity contribution in [2.75, 3.05) is 5.32 Å². The molecule has 0 heterocycles. The van der Waals surface area contributed by atoms with E-state index in [9.17, 15) is 14.4 Å². The number of aliphatic carboxylic acids is 1. The third-order valence-electron chi connectivity index (χ3n) is 3.20. The SMILES string of the molecule is CC(=O)N[C@@H](CC(=O)Nc1ccccc1Oc1ccccc1)C(=O)O. The first-order chi connectivity index (χ1) is 12.0. The third-order valence-corrected chi connectivity index (χ3v) is 3.20. The highest BCUT2D eigenvalue weighted by Gasteiger charge is 2.22. The average Bonchev–Trinajstić information content (AvgIpc) is 2.56. The number of carbonyl (C=O) groups excluding carboxylic acids is 2. The van der Waals surface area contributed by atoms with Crippen molar-refractivity contribution in [3.8, 4) is 11.5 Å². The van der Waals surface area contributed by atoms with Crippen molar-refractivity contribution in [2.24, 2.45) is 0 Å². The van der Waals surface area contributed by atoms with Gasteiger partial charge in [0.2, 0.25) is 11.8 Å². The molecule has 2 rings (SSSR count). The summed E-state index contributed by atoms with van der Waals surface area (Å²) in [5, 5.41) is 13.9. The van der Waals surface area contributed by atoms with Crippen LogP contribution in [0.4, 0.5) is 5.69 Å². The molecule has 0 aromatic heterocycles. The number of nitrogens with one attached hydrogen (secondary N) is 2. The standard InChI is InChI=1S/C18H18N2O5/c1-12(21)19-15(18(23)24)11-17(22)20-14-9-5-6-10-16(14)25-13-7-3-2-4-8-13/h2-10,15H,11H2,1H3,(H,19,21)(H,20,22)(H,23,24)/t15-/m0/s1. The maximum atomic E-state index is 12.1. The largest absolute Gasteiger partial charge is 0.480 e. The molecule has 2 aromatic carbocycles. The highest BCUT2D eigenvalue weighted by molar-refractivity contribution is 5.96. The van der Waals surface area contributed by atoms with Crippen molar-refractivity contribution in [3.05, 3.63) is 54.6 Å². The van der Waals surface area contributed by atoms with Crippen LogP contribution in [0.2, 0.25) is 0 Å². The van der Waals surface area contributed by atoms with Crippen LogP contribution in [0.25, 0.3) is 0 Å². The monoisotopic (exact) mass is 342 g/mol. The molecule has 0 bridgehead atoms. The number of hydrogen-bond donors (Lipinski definition) is 3. The quantitative estimate of drug-likeness (QED) is 0.717. The van der Waals surface area contributed by atoms with Gasteiger partial charge >= 0.3 is 5.97 Å². The Morgan fingerprint density at radius 3 is 2.32 bits per heavy atom. The second-order valence-electron chi connectivity index (χ2n) is 5.25. The molecule has 130 valence electrons. The number of anilines is 1. The molecule has 0 aliphatic rings. The van der Waals surface area contributed by atoms with Gasteiger partial charge in [0.25, 0.3) is 0 Å². The summed E-state index contributed by atoms with van der Waals surface area (Å²) < 4.78 is 5.73. The van der Waals surface area contributed by atoms with Crippen LogP contribution in [0.5, 0.6) is 11.5 Å². The Kier molecular flexibility index (Phi) is 6.11. The lowest BCUT2D eigenvalue weighted by atomic mass is 10.2. The molecule has 0 aliphatic carbocycles. The van der Waals surface area contributed by atoms with Gasteiger partial charge in [-0.15, -0.1) is 0 Å². The van der Waals surface area contributed by atoms with E-state index in [0.29, 0.717) is 17.2 Å². The van der Waals surface area contributed by atoms with Gasteiger partial charge in [-0.2, -0.15) is 0 Å². The van der Waals surface area contributed by atoms with E-state index in [4.69, 9.17) is 9.84 Å². The summed E-state index contributed by atoms with van der Waals surface area (Å²) in [6.07, 6.45) is -0.394. The fourth-order valence-corrected chi connectivity index (χ4v) is 2.11. The molecule has 0 aliphatic heterocycles. The van der Waals surface area contributed by atoms with E-state index >= 15 is 0 Å². The minimum atomic E-state index is -1.29. The zero-order chi connectivity index (χ0) is 18.2.